The molecule has 4 rings (SSSR count). The van der Waals surface area contributed by atoms with E-state index in [1.54, 1.807) is 18.5 Å². The zero-order chi connectivity index (χ0) is 17.4. The highest BCUT2D eigenvalue weighted by Crippen LogP contribution is 2.22. The summed E-state index contributed by atoms with van der Waals surface area (Å²) in [6, 6.07) is 5.08. The fourth-order valence-electron chi connectivity index (χ4n) is 3.16. The molecule has 0 aromatic carbocycles. The van der Waals surface area contributed by atoms with Crippen LogP contribution in [0.2, 0.25) is 0 Å². The van der Waals surface area contributed by atoms with Crippen molar-refractivity contribution in [1.29, 1.82) is 0 Å². The van der Waals surface area contributed by atoms with Crippen LogP contribution in [0.15, 0.2) is 45.3 Å². The van der Waals surface area contributed by atoms with E-state index in [2.05, 4.69) is 4.98 Å². The van der Waals surface area contributed by atoms with Crippen molar-refractivity contribution in [2.24, 2.45) is 0 Å². The maximum absolute atomic E-state index is 12.2. The van der Waals surface area contributed by atoms with Gasteiger partial charge in [0.1, 0.15) is 5.76 Å². The average molecular weight is 379 g/mol. The lowest BCUT2D eigenvalue weighted by Gasteiger charge is -2.26. The molecule has 0 amide bonds. The van der Waals surface area contributed by atoms with Gasteiger partial charge in [-0.3, -0.25) is 14.1 Å². The highest BCUT2D eigenvalue weighted by atomic mass is 32.2. The van der Waals surface area contributed by atoms with Crippen molar-refractivity contribution in [2.75, 3.05) is 11.5 Å². The molecule has 25 heavy (non-hydrogen) atoms. The summed E-state index contributed by atoms with van der Waals surface area (Å²) >= 11 is 1.40. The molecule has 0 N–H and O–H groups in total. The van der Waals surface area contributed by atoms with Crippen LogP contribution in [-0.4, -0.2) is 40.2 Å². The Kier molecular flexibility index (Phi) is 4.22. The molecule has 1 saturated heterocycles. The molecule has 132 valence electrons. The summed E-state index contributed by atoms with van der Waals surface area (Å²) in [5.41, 5.74) is 0.515. The number of hydrogen-bond donors (Lipinski definition) is 0. The molecule has 1 aliphatic heterocycles. The van der Waals surface area contributed by atoms with E-state index in [9.17, 15) is 13.2 Å². The van der Waals surface area contributed by atoms with Crippen LogP contribution in [0.5, 0.6) is 0 Å². The van der Waals surface area contributed by atoms with Gasteiger partial charge in [0, 0.05) is 30.2 Å². The number of sulfone groups is 1. The van der Waals surface area contributed by atoms with E-state index in [1.165, 1.54) is 21.8 Å². The molecule has 9 heteroatoms. The van der Waals surface area contributed by atoms with Crippen molar-refractivity contribution < 1.29 is 12.8 Å². The number of thiazole rings is 1. The normalized spacial score (nSPS) is 19.8. The highest BCUT2D eigenvalue weighted by molar-refractivity contribution is 7.91. The molecule has 0 aliphatic carbocycles. The second-order valence-electron chi connectivity index (χ2n) is 6.18. The quantitative estimate of drug-likeness (QED) is 0.668. The molecule has 1 atom stereocenters. The summed E-state index contributed by atoms with van der Waals surface area (Å²) in [7, 11) is -3.00. The topological polar surface area (TPSA) is 84.9 Å². The van der Waals surface area contributed by atoms with E-state index in [0.717, 1.165) is 5.76 Å². The van der Waals surface area contributed by atoms with Gasteiger partial charge in [-0.25, -0.2) is 13.4 Å². The Labute approximate surface area is 148 Å². The van der Waals surface area contributed by atoms with Crippen molar-refractivity contribution in [2.45, 2.75) is 25.6 Å². The predicted molar refractivity (Wildman–Crippen MR) is 94.4 cm³/mol. The van der Waals surface area contributed by atoms with Gasteiger partial charge in [-0.1, -0.05) is 0 Å². The molecule has 4 heterocycles. The van der Waals surface area contributed by atoms with Gasteiger partial charge in [-0.2, -0.15) is 0 Å². The molecule has 0 bridgehead atoms. The lowest BCUT2D eigenvalue weighted by atomic mass is 10.2. The smallest absolute Gasteiger partial charge is 0.258 e. The number of furan rings is 1. The summed E-state index contributed by atoms with van der Waals surface area (Å²) < 4.78 is 30.7. The summed E-state index contributed by atoms with van der Waals surface area (Å²) in [4.78, 5) is 19.4. The van der Waals surface area contributed by atoms with Crippen LogP contribution in [0, 0.1) is 0 Å². The van der Waals surface area contributed by atoms with Crippen molar-refractivity contribution in [3.63, 3.8) is 0 Å². The Balaban J connectivity index is 1.63. The van der Waals surface area contributed by atoms with E-state index >= 15 is 0 Å². The molecule has 0 saturated carbocycles. The molecule has 0 unspecified atom stereocenters. The fourth-order valence-corrected chi connectivity index (χ4v) is 5.66. The third-order valence-corrected chi connectivity index (χ3v) is 6.89. The minimum atomic E-state index is -3.00. The van der Waals surface area contributed by atoms with Gasteiger partial charge in [0.05, 0.1) is 30.0 Å². The summed E-state index contributed by atoms with van der Waals surface area (Å²) in [6.07, 6.45) is 3.88. The first-order valence-corrected chi connectivity index (χ1v) is 10.6. The Morgan fingerprint density at radius 3 is 3.00 bits per heavy atom. The Hall–Kier alpha value is -1.97. The minimum absolute atomic E-state index is 0.0984. The zero-order valence-corrected chi connectivity index (χ0v) is 15.0. The number of aromatic nitrogens is 2. The van der Waals surface area contributed by atoms with E-state index in [1.807, 2.05) is 16.3 Å². The lowest BCUT2D eigenvalue weighted by Crippen LogP contribution is -2.35. The maximum Gasteiger partial charge on any atom is 0.258 e. The van der Waals surface area contributed by atoms with E-state index < -0.39 is 9.84 Å². The van der Waals surface area contributed by atoms with Gasteiger partial charge in [0.15, 0.2) is 14.8 Å². The van der Waals surface area contributed by atoms with Crippen LogP contribution < -0.4 is 5.56 Å². The van der Waals surface area contributed by atoms with E-state index in [0.29, 0.717) is 30.2 Å². The predicted octanol–water partition coefficient (Wildman–Crippen LogP) is 1.54. The van der Waals surface area contributed by atoms with Crippen molar-refractivity contribution in [3.05, 3.63) is 57.8 Å². The first kappa shape index (κ1) is 16.5. The SMILES string of the molecule is O=c1cc(CN(Cc2ccco2)[C@@H]2CCS(=O)(=O)C2)nc2sccn12. The lowest BCUT2D eigenvalue weighted by molar-refractivity contribution is 0.177. The van der Waals surface area contributed by atoms with E-state index in [-0.39, 0.29) is 23.1 Å². The van der Waals surface area contributed by atoms with Gasteiger partial charge in [-0.15, -0.1) is 11.3 Å². The minimum Gasteiger partial charge on any atom is -0.468 e. The van der Waals surface area contributed by atoms with Gasteiger partial charge in [0.25, 0.3) is 5.56 Å². The van der Waals surface area contributed by atoms with Crippen LogP contribution in [-0.2, 0) is 22.9 Å². The molecule has 3 aromatic heterocycles. The number of fused-ring (bicyclic) bond motifs is 1. The van der Waals surface area contributed by atoms with Crippen LogP contribution in [0.4, 0.5) is 0 Å². The van der Waals surface area contributed by atoms with Crippen LogP contribution in [0.1, 0.15) is 17.9 Å². The van der Waals surface area contributed by atoms with Crippen molar-refractivity contribution in [1.82, 2.24) is 14.3 Å². The Morgan fingerprint density at radius 2 is 2.28 bits per heavy atom. The van der Waals surface area contributed by atoms with Gasteiger partial charge >= 0.3 is 0 Å². The highest BCUT2D eigenvalue weighted by Gasteiger charge is 2.33. The van der Waals surface area contributed by atoms with Crippen molar-refractivity contribution >= 4 is 26.1 Å². The monoisotopic (exact) mass is 379 g/mol. The van der Waals surface area contributed by atoms with Gasteiger partial charge < -0.3 is 4.42 Å². The summed E-state index contributed by atoms with van der Waals surface area (Å²) in [5, 5.41) is 1.82. The molecule has 7 nitrogen and oxygen atoms in total. The third kappa shape index (κ3) is 3.53. The first-order chi connectivity index (χ1) is 12.0. The molecule has 1 aliphatic rings. The largest absolute Gasteiger partial charge is 0.468 e. The van der Waals surface area contributed by atoms with Crippen LogP contribution in [0.25, 0.3) is 4.96 Å². The van der Waals surface area contributed by atoms with Crippen LogP contribution in [0.3, 0.4) is 0 Å². The van der Waals surface area contributed by atoms with Crippen molar-refractivity contribution in [3.8, 4) is 0 Å². The Morgan fingerprint density at radius 1 is 1.40 bits per heavy atom. The number of rotatable bonds is 5. The standard InChI is InChI=1S/C16H17N3O4S2/c20-15-8-12(17-16-19(15)4-6-24-16)9-18(10-14-2-1-5-23-14)13-3-7-25(21,22)11-13/h1-2,4-6,8,13H,3,7,9-11H2/t13-/m1/s1. The second-order valence-corrected chi connectivity index (χ2v) is 9.28. The van der Waals surface area contributed by atoms with E-state index in [4.69, 9.17) is 4.42 Å². The number of hydrogen-bond acceptors (Lipinski definition) is 7. The third-order valence-electron chi connectivity index (χ3n) is 4.39. The van der Waals surface area contributed by atoms with Gasteiger partial charge in [0.2, 0.25) is 0 Å². The Bertz CT molecular complexity index is 1040. The molecular weight excluding hydrogens is 362 g/mol. The second kappa shape index (κ2) is 6.40. The molecule has 0 radical (unpaired) electrons. The van der Waals surface area contributed by atoms with Gasteiger partial charge in [-0.05, 0) is 18.6 Å². The fraction of sp³-hybridized carbons (Fsp3) is 0.375. The van der Waals surface area contributed by atoms with Crippen LogP contribution >= 0.6 is 11.3 Å². The zero-order valence-electron chi connectivity index (χ0n) is 13.4. The summed E-state index contributed by atoms with van der Waals surface area (Å²) in [6.45, 7) is 0.892. The summed E-state index contributed by atoms with van der Waals surface area (Å²) in [5.74, 6) is 1.10. The molecular formula is C16H17N3O4S2. The first-order valence-electron chi connectivity index (χ1n) is 7.93. The maximum atomic E-state index is 12.2. The molecule has 1 fully saturated rings. The average Bonchev–Trinajstić information content (AvgIpc) is 3.27. The number of nitrogens with zero attached hydrogens (tertiary/aromatic N) is 3. The molecule has 0 spiro atoms. The molecule has 3 aromatic rings.